The lowest BCUT2D eigenvalue weighted by atomic mass is 10.0. The Kier molecular flexibility index (Phi) is 6.32. The normalized spacial score (nSPS) is 12.2. The fourth-order valence-electron chi connectivity index (χ4n) is 3.37. The molecule has 1 N–H and O–H groups in total. The fraction of sp³-hybridized carbons (Fsp3) is 0.360. The van der Waals surface area contributed by atoms with Gasteiger partial charge < -0.3 is 10.1 Å². The van der Waals surface area contributed by atoms with Crippen LogP contribution in [0.25, 0.3) is 22.5 Å². The van der Waals surface area contributed by atoms with Crippen LogP contribution in [0.4, 0.5) is 4.39 Å². The summed E-state index contributed by atoms with van der Waals surface area (Å²) in [7, 11) is 0. The van der Waals surface area contributed by atoms with Gasteiger partial charge in [-0.05, 0) is 57.9 Å². The summed E-state index contributed by atoms with van der Waals surface area (Å²) >= 11 is 0. The number of benzene rings is 1. The van der Waals surface area contributed by atoms with E-state index in [4.69, 9.17) is 4.74 Å². The van der Waals surface area contributed by atoms with Crippen LogP contribution < -0.4 is 10.9 Å². The maximum absolute atomic E-state index is 14.5. The number of halogens is 1. The number of ether oxygens (including phenoxy) is 1. The van der Waals surface area contributed by atoms with Gasteiger partial charge in [0.15, 0.2) is 0 Å². The average molecular weight is 424 g/mol. The number of hydrogen-bond donors (Lipinski definition) is 1. The molecule has 31 heavy (non-hydrogen) atoms. The van der Waals surface area contributed by atoms with E-state index in [0.29, 0.717) is 18.8 Å². The van der Waals surface area contributed by atoms with Crippen LogP contribution in [-0.2, 0) is 10.4 Å². The molecule has 5 nitrogen and oxygen atoms in total. The van der Waals surface area contributed by atoms with Crippen LogP contribution in [0.15, 0.2) is 60.0 Å². The lowest BCUT2D eigenvalue weighted by molar-refractivity contribution is -0.00610. The van der Waals surface area contributed by atoms with Crippen LogP contribution >= 0.6 is 0 Å². The number of aromatic nitrogens is 2. The second kappa shape index (κ2) is 8.63. The quantitative estimate of drug-likeness (QED) is 0.557. The molecule has 0 saturated heterocycles. The van der Waals surface area contributed by atoms with Crippen molar-refractivity contribution in [2.75, 3.05) is 13.2 Å². The van der Waals surface area contributed by atoms with Gasteiger partial charge in [-0.1, -0.05) is 30.8 Å². The van der Waals surface area contributed by atoms with Gasteiger partial charge in [0.1, 0.15) is 11.3 Å². The van der Waals surface area contributed by atoms with E-state index < -0.39 is 5.67 Å². The van der Waals surface area contributed by atoms with Crippen molar-refractivity contribution in [3.63, 3.8) is 0 Å². The molecule has 0 spiro atoms. The van der Waals surface area contributed by atoms with Crippen molar-refractivity contribution in [2.24, 2.45) is 0 Å². The minimum Gasteiger partial charge on any atom is -0.382 e. The van der Waals surface area contributed by atoms with Crippen LogP contribution in [-0.4, -0.2) is 28.1 Å². The number of nitrogens with zero attached hydrogens (tertiary/aromatic N) is 2. The third-order valence-corrected chi connectivity index (χ3v) is 5.11. The van der Waals surface area contributed by atoms with E-state index in [-0.39, 0.29) is 16.9 Å². The zero-order valence-corrected chi connectivity index (χ0v) is 18.8. The summed E-state index contributed by atoms with van der Waals surface area (Å²) in [5, 5.41) is 3.33. The van der Waals surface area contributed by atoms with E-state index in [1.165, 1.54) is 24.3 Å². The second-order valence-electron chi connectivity index (χ2n) is 8.67. The van der Waals surface area contributed by atoms with Crippen LogP contribution in [0.5, 0.6) is 0 Å². The van der Waals surface area contributed by atoms with Crippen molar-refractivity contribution < 1.29 is 9.13 Å². The zero-order valence-electron chi connectivity index (χ0n) is 18.8. The van der Waals surface area contributed by atoms with E-state index >= 15 is 0 Å². The molecule has 0 saturated carbocycles. The molecule has 0 amide bonds. The molecule has 0 aliphatic carbocycles. The minimum atomic E-state index is -1.70. The van der Waals surface area contributed by atoms with Gasteiger partial charge in [0.05, 0.1) is 11.3 Å². The molecule has 0 aliphatic rings. The number of fused-ring (bicyclic) bond motifs is 1. The summed E-state index contributed by atoms with van der Waals surface area (Å²) in [5.41, 5.74) is 1.64. The molecule has 0 unspecified atom stereocenters. The monoisotopic (exact) mass is 423 g/mol. The number of rotatable bonds is 8. The van der Waals surface area contributed by atoms with Crippen LogP contribution in [0.1, 0.15) is 45.9 Å². The second-order valence-corrected chi connectivity index (χ2v) is 8.67. The van der Waals surface area contributed by atoms with E-state index in [2.05, 4.69) is 16.9 Å². The molecule has 0 fully saturated rings. The first-order valence-corrected chi connectivity index (χ1v) is 10.4. The lowest BCUT2D eigenvalue weighted by Crippen LogP contribution is -2.36. The van der Waals surface area contributed by atoms with E-state index in [9.17, 15) is 9.18 Å². The molecule has 2 heterocycles. The number of alkyl halides is 1. The Hall–Kier alpha value is -2.99. The Balaban J connectivity index is 1.91. The topological polar surface area (TPSA) is 55.6 Å². The maximum Gasteiger partial charge on any atom is 0.258 e. The number of hydrogen-bond acceptors (Lipinski definition) is 4. The van der Waals surface area contributed by atoms with Crippen LogP contribution in [0, 0.1) is 0 Å². The molecule has 3 rings (SSSR count). The molecular formula is C25H30FN3O2. The number of nitrogens with one attached hydrogen (secondary N) is 1. The molecule has 6 heteroatoms. The average Bonchev–Trinajstić information content (AvgIpc) is 2.71. The van der Waals surface area contributed by atoms with Crippen molar-refractivity contribution in [2.45, 2.75) is 45.9 Å². The SMILES string of the molecule is C=C(NCC(C)(C)OCC)c1ccc(-c2cccn3c(=O)cc(C(C)(C)F)nc23)cc1. The maximum atomic E-state index is 14.5. The fourth-order valence-corrected chi connectivity index (χ4v) is 3.37. The van der Waals surface area contributed by atoms with Crippen molar-refractivity contribution in [3.05, 3.63) is 76.9 Å². The summed E-state index contributed by atoms with van der Waals surface area (Å²) in [6, 6.07) is 12.7. The first-order chi connectivity index (χ1) is 14.5. The number of pyridine rings is 1. The van der Waals surface area contributed by atoms with E-state index in [1.54, 1.807) is 12.3 Å². The molecule has 0 aliphatic heterocycles. The largest absolute Gasteiger partial charge is 0.382 e. The zero-order chi connectivity index (χ0) is 22.8. The Bertz CT molecular complexity index is 1140. The molecule has 3 aromatic rings. The van der Waals surface area contributed by atoms with Gasteiger partial charge in [-0.3, -0.25) is 9.20 Å². The smallest absolute Gasteiger partial charge is 0.258 e. The Morgan fingerprint density at radius 2 is 1.87 bits per heavy atom. The highest BCUT2D eigenvalue weighted by Gasteiger charge is 2.23. The van der Waals surface area contributed by atoms with E-state index in [0.717, 1.165) is 22.4 Å². The van der Waals surface area contributed by atoms with Crippen molar-refractivity contribution in [3.8, 4) is 11.1 Å². The van der Waals surface area contributed by atoms with Crippen LogP contribution in [0.2, 0.25) is 0 Å². The van der Waals surface area contributed by atoms with Crippen molar-refractivity contribution >= 4 is 11.3 Å². The third kappa shape index (κ3) is 5.20. The van der Waals surface area contributed by atoms with Gasteiger partial charge in [0.2, 0.25) is 0 Å². The standard InChI is InChI=1S/C25H30FN3O2/c1-7-31-24(3,4)16-27-17(2)18-10-12-19(13-11-18)20-9-8-14-29-22(30)15-21(25(5,6)26)28-23(20)29/h8-15,27H,2,7,16H2,1,3-6H3. The molecular weight excluding hydrogens is 393 g/mol. The molecule has 1 aromatic carbocycles. The minimum absolute atomic E-state index is 0.121. The van der Waals surface area contributed by atoms with Gasteiger partial charge in [-0.2, -0.15) is 0 Å². The summed E-state index contributed by atoms with van der Waals surface area (Å²) in [4.78, 5) is 17.0. The highest BCUT2D eigenvalue weighted by atomic mass is 19.1. The van der Waals surface area contributed by atoms with Crippen molar-refractivity contribution in [1.82, 2.24) is 14.7 Å². The molecule has 0 radical (unpaired) electrons. The van der Waals surface area contributed by atoms with Gasteiger partial charge in [0.25, 0.3) is 5.56 Å². The highest BCUT2D eigenvalue weighted by molar-refractivity contribution is 5.78. The Labute approximate surface area is 182 Å². The molecule has 164 valence electrons. The Morgan fingerprint density at radius 3 is 2.48 bits per heavy atom. The summed E-state index contributed by atoms with van der Waals surface area (Å²) < 4.78 is 21.6. The van der Waals surface area contributed by atoms with Crippen LogP contribution in [0.3, 0.4) is 0 Å². The predicted octanol–water partition coefficient (Wildman–Crippen LogP) is 4.94. The predicted molar refractivity (Wildman–Crippen MR) is 124 cm³/mol. The highest BCUT2D eigenvalue weighted by Crippen LogP contribution is 2.27. The summed E-state index contributed by atoms with van der Waals surface area (Å²) in [6.07, 6.45) is 1.64. The van der Waals surface area contributed by atoms with Crippen molar-refractivity contribution in [1.29, 1.82) is 0 Å². The summed E-state index contributed by atoms with van der Waals surface area (Å²) in [6.45, 7) is 14.2. The Morgan fingerprint density at radius 1 is 1.19 bits per heavy atom. The van der Waals surface area contributed by atoms with E-state index in [1.807, 2.05) is 51.1 Å². The molecule has 0 bridgehead atoms. The summed E-state index contributed by atoms with van der Waals surface area (Å²) in [5.74, 6) is 0. The molecule has 2 aromatic heterocycles. The van der Waals surface area contributed by atoms with Gasteiger partial charge in [0, 0.05) is 36.7 Å². The first-order valence-electron chi connectivity index (χ1n) is 10.4. The molecule has 0 atom stereocenters. The van der Waals surface area contributed by atoms with Gasteiger partial charge in [-0.25, -0.2) is 9.37 Å². The lowest BCUT2D eigenvalue weighted by Gasteiger charge is -2.26. The first kappa shape index (κ1) is 22.7. The van der Waals surface area contributed by atoms with Gasteiger partial charge >= 0.3 is 0 Å². The van der Waals surface area contributed by atoms with Gasteiger partial charge in [-0.15, -0.1) is 0 Å². The third-order valence-electron chi connectivity index (χ3n) is 5.11.